The van der Waals surface area contributed by atoms with Gasteiger partial charge in [0.1, 0.15) is 0 Å². The third-order valence-electron chi connectivity index (χ3n) is 2.85. The Morgan fingerprint density at radius 1 is 1.00 bits per heavy atom. The Morgan fingerprint density at radius 2 is 1.55 bits per heavy atom. The average Bonchev–Trinajstić information content (AvgIpc) is 2.09. The molecule has 0 aromatic heterocycles. The van der Waals surface area contributed by atoms with Crippen molar-refractivity contribution in [3.05, 3.63) is 0 Å². The van der Waals surface area contributed by atoms with E-state index in [0.29, 0.717) is 0 Å². The minimum atomic E-state index is 0.871. The number of piperidine rings is 1. The molecule has 64 valence electrons. The first-order valence-electron chi connectivity index (χ1n) is 5.12. The third-order valence-corrected chi connectivity index (χ3v) is 2.85. The molecule has 1 saturated heterocycles. The van der Waals surface area contributed by atoms with E-state index < -0.39 is 0 Å². The van der Waals surface area contributed by atoms with E-state index in [-0.39, 0.29) is 0 Å². The van der Waals surface area contributed by atoms with Crippen molar-refractivity contribution in [1.29, 1.82) is 0 Å². The summed E-state index contributed by atoms with van der Waals surface area (Å²) in [7, 11) is 0. The molecule has 0 amide bonds. The van der Waals surface area contributed by atoms with Crippen LogP contribution in [0.25, 0.3) is 0 Å². The summed E-state index contributed by atoms with van der Waals surface area (Å²) in [5, 5.41) is 0. The molecule has 0 aromatic carbocycles. The SMILES string of the molecule is CCB(CC)N1CCCCC1. The summed E-state index contributed by atoms with van der Waals surface area (Å²) in [6.45, 7) is 8.19. The zero-order chi connectivity index (χ0) is 8.10. The van der Waals surface area contributed by atoms with Crippen LogP contribution in [0.1, 0.15) is 33.1 Å². The van der Waals surface area contributed by atoms with Gasteiger partial charge in [-0.05, 0) is 25.9 Å². The smallest absolute Gasteiger partial charge is 0.222 e. The lowest BCUT2D eigenvalue weighted by atomic mass is 9.55. The molecule has 0 atom stereocenters. The number of rotatable bonds is 3. The van der Waals surface area contributed by atoms with E-state index >= 15 is 0 Å². The zero-order valence-electron chi connectivity index (χ0n) is 7.97. The molecule has 1 rings (SSSR count). The van der Waals surface area contributed by atoms with Crippen LogP contribution in [-0.2, 0) is 0 Å². The van der Waals surface area contributed by atoms with Crippen LogP contribution in [0.15, 0.2) is 0 Å². The summed E-state index contributed by atoms with van der Waals surface area (Å²) < 4.78 is 0. The Bertz CT molecular complexity index is 95.7. The molecule has 0 N–H and O–H groups in total. The van der Waals surface area contributed by atoms with Crippen LogP contribution in [0, 0.1) is 0 Å². The van der Waals surface area contributed by atoms with Gasteiger partial charge >= 0.3 is 0 Å². The fourth-order valence-electron chi connectivity index (χ4n) is 2.09. The van der Waals surface area contributed by atoms with Crippen LogP contribution < -0.4 is 0 Å². The van der Waals surface area contributed by atoms with E-state index in [1.807, 2.05) is 0 Å². The predicted octanol–water partition coefficient (Wildman–Crippen LogP) is 2.50. The molecule has 11 heavy (non-hydrogen) atoms. The van der Waals surface area contributed by atoms with Crippen molar-refractivity contribution >= 4 is 6.85 Å². The molecule has 1 aliphatic rings. The second kappa shape index (κ2) is 4.81. The lowest BCUT2D eigenvalue weighted by Crippen LogP contribution is -2.41. The molecule has 0 radical (unpaired) electrons. The first kappa shape index (κ1) is 9.12. The summed E-state index contributed by atoms with van der Waals surface area (Å²) in [5.74, 6) is 0. The van der Waals surface area contributed by atoms with Crippen molar-refractivity contribution in [3.8, 4) is 0 Å². The minimum absolute atomic E-state index is 0.871. The van der Waals surface area contributed by atoms with Gasteiger partial charge in [-0.2, -0.15) is 0 Å². The van der Waals surface area contributed by atoms with Gasteiger partial charge in [0, 0.05) is 0 Å². The Hall–Kier alpha value is 0.0249. The van der Waals surface area contributed by atoms with Gasteiger partial charge in [-0.1, -0.05) is 32.9 Å². The van der Waals surface area contributed by atoms with Crippen LogP contribution in [0.3, 0.4) is 0 Å². The second-order valence-electron chi connectivity index (χ2n) is 3.57. The number of nitrogens with zero attached hydrogens (tertiary/aromatic N) is 1. The highest BCUT2D eigenvalue weighted by Crippen LogP contribution is 2.14. The first-order chi connectivity index (χ1) is 5.38. The fraction of sp³-hybridized carbons (Fsp3) is 1.00. The minimum Gasteiger partial charge on any atom is -0.342 e. The Balaban J connectivity index is 2.30. The standard InChI is InChI=1S/C9H20BN/c1-3-10(4-2)11-8-6-5-7-9-11/h3-9H2,1-2H3. The largest absolute Gasteiger partial charge is 0.342 e. The summed E-state index contributed by atoms with van der Waals surface area (Å²) in [6.07, 6.45) is 6.97. The maximum Gasteiger partial charge on any atom is 0.222 e. The molecule has 0 aliphatic carbocycles. The van der Waals surface area contributed by atoms with Crippen LogP contribution in [0.5, 0.6) is 0 Å². The van der Waals surface area contributed by atoms with Gasteiger partial charge in [0.25, 0.3) is 0 Å². The molecule has 0 aromatic rings. The quantitative estimate of drug-likeness (QED) is 0.563. The molecule has 0 saturated carbocycles. The molecular weight excluding hydrogens is 133 g/mol. The Morgan fingerprint density at radius 3 is 2.00 bits per heavy atom. The summed E-state index contributed by atoms with van der Waals surface area (Å²) >= 11 is 0. The van der Waals surface area contributed by atoms with Gasteiger partial charge in [-0.15, -0.1) is 0 Å². The van der Waals surface area contributed by atoms with Gasteiger partial charge in [-0.3, -0.25) is 0 Å². The maximum atomic E-state index is 2.67. The van der Waals surface area contributed by atoms with Crippen molar-refractivity contribution < 1.29 is 0 Å². The van der Waals surface area contributed by atoms with Crippen LogP contribution in [0.2, 0.25) is 12.6 Å². The van der Waals surface area contributed by atoms with Gasteiger partial charge in [0.2, 0.25) is 6.85 Å². The zero-order valence-corrected chi connectivity index (χ0v) is 7.97. The van der Waals surface area contributed by atoms with Crippen LogP contribution in [-0.4, -0.2) is 24.7 Å². The molecule has 2 heteroatoms. The highest BCUT2D eigenvalue weighted by Gasteiger charge is 2.20. The van der Waals surface area contributed by atoms with Crippen molar-refractivity contribution in [2.75, 3.05) is 13.1 Å². The summed E-state index contributed by atoms with van der Waals surface area (Å²) in [5.41, 5.74) is 0. The van der Waals surface area contributed by atoms with E-state index in [4.69, 9.17) is 0 Å². The third kappa shape index (κ3) is 2.51. The van der Waals surface area contributed by atoms with Crippen molar-refractivity contribution in [1.82, 2.24) is 4.81 Å². The molecule has 1 nitrogen and oxygen atoms in total. The highest BCUT2D eigenvalue weighted by atomic mass is 15.1. The monoisotopic (exact) mass is 153 g/mol. The van der Waals surface area contributed by atoms with Crippen molar-refractivity contribution in [2.24, 2.45) is 0 Å². The van der Waals surface area contributed by atoms with E-state index in [2.05, 4.69) is 18.7 Å². The average molecular weight is 153 g/mol. The van der Waals surface area contributed by atoms with Gasteiger partial charge in [-0.25, -0.2) is 0 Å². The summed E-state index contributed by atoms with van der Waals surface area (Å²) in [4.78, 5) is 2.67. The molecular formula is C9H20BN. The molecule has 0 unspecified atom stereocenters. The lowest BCUT2D eigenvalue weighted by Gasteiger charge is -2.31. The second-order valence-corrected chi connectivity index (χ2v) is 3.57. The molecule has 0 spiro atoms. The fourth-order valence-corrected chi connectivity index (χ4v) is 2.09. The van der Waals surface area contributed by atoms with Crippen LogP contribution >= 0.6 is 0 Å². The van der Waals surface area contributed by atoms with Crippen LogP contribution in [0.4, 0.5) is 0 Å². The normalized spacial score (nSPS) is 20.2. The number of hydrogen-bond acceptors (Lipinski definition) is 1. The molecule has 0 bridgehead atoms. The summed E-state index contributed by atoms with van der Waals surface area (Å²) in [6, 6.07) is 0. The van der Waals surface area contributed by atoms with E-state index in [0.717, 1.165) is 6.85 Å². The molecule has 1 heterocycles. The molecule has 1 fully saturated rings. The Kier molecular flexibility index (Phi) is 3.99. The number of hydrogen-bond donors (Lipinski definition) is 0. The van der Waals surface area contributed by atoms with Gasteiger partial charge in [0.15, 0.2) is 0 Å². The van der Waals surface area contributed by atoms with E-state index in [9.17, 15) is 0 Å². The van der Waals surface area contributed by atoms with E-state index in [1.165, 1.54) is 45.0 Å². The highest BCUT2D eigenvalue weighted by molar-refractivity contribution is 6.55. The Labute approximate surface area is 71.3 Å². The van der Waals surface area contributed by atoms with Crippen molar-refractivity contribution in [2.45, 2.75) is 45.8 Å². The molecule has 1 aliphatic heterocycles. The maximum absolute atomic E-state index is 2.67. The predicted molar refractivity (Wildman–Crippen MR) is 52.1 cm³/mol. The first-order valence-corrected chi connectivity index (χ1v) is 5.12. The van der Waals surface area contributed by atoms with E-state index in [1.54, 1.807) is 0 Å². The van der Waals surface area contributed by atoms with Gasteiger partial charge in [0.05, 0.1) is 0 Å². The topological polar surface area (TPSA) is 3.24 Å². The van der Waals surface area contributed by atoms with Gasteiger partial charge < -0.3 is 4.81 Å². The lowest BCUT2D eigenvalue weighted by molar-refractivity contribution is 0.350. The van der Waals surface area contributed by atoms with Crippen molar-refractivity contribution in [3.63, 3.8) is 0 Å².